The zero-order valence-electron chi connectivity index (χ0n) is 16.7. The molecule has 2 rings (SSSR count). The summed E-state index contributed by atoms with van der Waals surface area (Å²) in [6, 6.07) is 4.15. The second-order valence-electron chi connectivity index (χ2n) is 7.77. The second-order valence-corrected chi connectivity index (χ2v) is 7.77. The average molecular weight is 362 g/mol. The molecular formula is C20H30N2O4. The number of methoxy groups -OCH3 is 2. The minimum atomic E-state index is -0.340. The lowest BCUT2D eigenvalue weighted by molar-refractivity contribution is -0.132. The zero-order chi connectivity index (χ0) is 19.5. The van der Waals surface area contributed by atoms with Crippen LogP contribution < -0.4 is 4.74 Å². The van der Waals surface area contributed by atoms with Gasteiger partial charge in [0.15, 0.2) is 0 Å². The molecule has 144 valence electrons. The van der Waals surface area contributed by atoms with Crippen LogP contribution in [-0.4, -0.2) is 62.2 Å². The first-order valence-corrected chi connectivity index (χ1v) is 8.96. The van der Waals surface area contributed by atoms with Gasteiger partial charge in [0.2, 0.25) is 5.91 Å². The summed E-state index contributed by atoms with van der Waals surface area (Å²) in [5, 5.41) is 0. The van der Waals surface area contributed by atoms with Crippen molar-refractivity contribution in [2.24, 2.45) is 0 Å². The molecule has 0 spiro atoms. The van der Waals surface area contributed by atoms with Crippen LogP contribution in [0.4, 0.5) is 4.79 Å². The van der Waals surface area contributed by atoms with Gasteiger partial charge in [-0.3, -0.25) is 4.79 Å². The van der Waals surface area contributed by atoms with Crippen molar-refractivity contribution in [1.82, 2.24) is 9.80 Å². The summed E-state index contributed by atoms with van der Waals surface area (Å²) in [5.74, 6) is 0.850. The van der Waals surface area contributed by atoms with Gasteiger partial charge in [-0.15, -0.1) is 0 Å². The van der Waals surface area contributed by atoms with Crippen LogP contribution in [0, 0.1) is 6.92 Å². The first-order chi connectivity index (χ1) is 12.2. The highest BCUT2D eigenvalue weighted by Gasteiger charge is 2.27. The molecule has 2 amide bonds. The maximum atomic E-state index is 12.8. The van der Waals surface area contributed by atoms with Crippen molar-refractivity contribution in [2.45, 2.75) is 39.5 Å². The van der Waals surface area contributed by atoms with E-state index in [-0.39, 0.29) is 17.4 Å². The van der Waals surface area contributed by atoms with Gasteiger partial charge >= 0.3 is 6.09 Å². The Morgan fingerprint density at radius 2 is 1.62 bits per heavy atom. The Bertz CT molecular complexity index is 671. The van der Waals surface area contributed by atoms with Crippen LogP contribution >= 0.6 is 0 Å². The Morgan fingerprint density at radius 1 is 1.04 bits per heavy atom. The van der Waals surface area contributed by atoms with Crippen molar-refractivity contribution in [1.29, 1.82) is 0 Å². The first kappa shape index (κ1) is 20.1. The SMILES string of the molecule is COC(=O)N1CCN(C(=O)Cc2cc(C)cc(C(C)(C)C)c2OC)CC1. The maximum Gasteiger partial charge on any atom is 0.409 e. The molecule has 1 fully saturated rings. The summed E-state index contributed by atoms with van der Waals surface area (Å²) >= 11 is 0. The molecule has 0 saturated carbocycles. The Hall–Kier alpha value is -2.24. The highest BCUT2D eigenvalue weighted by Crippen LogP contribution is 2.35. The number of hydrogen-bond acceptors (Lipinski definition) is 4. The second kappa shape index (κ2) is 7.98. The Morgan fingerprint density at radius 3 is 2.12 bits per heavy atom. The van der Waals surface area contributed by atoms with Crippen LogP contribution in [0.25, 0.3) is 0 Å². The Balaban J connectivity index is 2.15. The van der Waals surface area contributed by atoms with Gasteiger partial charge in [0.05, 0.1) is 20.6 Å². The van der Waals surface area contributed by atoms with Crippen molar-refractivity contribution in [3.8, 4) is 5.75 Å². The summed E-state index contributed by atoms with van der Waals surface area (Å²) in [4.78, 5) is 27.8. The number of hydrogen-bond donors (Lipinski definition) is 0. The van der Waals surface area contributed by atoms with E-state index in [0.29, 0.717) is 32.6 Å². The predicted molar refractivity (Wildman–Crippen MR) is 101 cm³/mol. The molecular weight excluding hydrogens is 332 g/mol. The van der Waals surface area contributed by atoms with E-state index in [4.69, 9.17) is 9.47 Å². The largest absolute Gasteiger partial charge is 0.496 e. The molecule has 0 aromatic heterocycles. The molecule has 6 heteroatoms. The summed E-state index contributed by atoms with van der Waals surface area (Å²) < 4.78 is 10.4. The highest BCUT2D eigenvalue weighted by molar-refractivity contribution is 5.80. The molecule has 0 aliphatic carbocycles. The number of carbonyl (C=O) groups is 2. The first-order valence-electron chi connectivity index (χ1n) is 8.96. The van der Waals surface area contributed by atoms with Gasteiger partial charge < -0.3 is 19.3 Å². The quantitative estimate of drug-likeness (QED) is 0.830. The number of nitrogens with zero attached hydrogens (tertiary/aromatic N) is 2. The van der Waals surface area contributed by atoms with Gasteiger partial charge in [-0.05, 0) is 12.3 Å². The van der Waals surface area contributed by atoms with Crippen molar-refractivity contribution >= 4 is 12.0 Å². The summed E-state index contributed by atoms with van der Waals surface area (Å²) in [6.45, 7) is 10.5. The smallest absolute Gasteiger partial charge is 0.409 e. The molecule has 1 aromatic carbocycles. The summed E-state index contributed by atoms with van der Waals surface area (Å²) in [6.07, 6.45) is -0.0427. The van der Waals surface area contributed by atoms with E-state index in [9.17, 15) is 9.59 Å². The van der Waals surface area contributed by atoms with Crippen molar-refractivity contribution in [2.75, 3.05) is 40.4 Å². The number of amides is 2. The zero-order valence-corrected chi connectivity index (χ0v) is 16.7. The summed E-state index contributed by atoms with van der Waals surface area (Å²) in [7, 11) is 3.03. The minimum absolute atomic E-state index is 0.0540. The molecule has 26 heavy (non-hydrogen) atoms. The van der Waals surface area contributed by atoms with E-state index in [2.05, 4.69) is 26.8 Å². The van der Waals surface area contributed by atoms with E-state index in [1.54, 1.807) is 16.9 Å². The number of ether oxygens (including phenoxy) is 2. The van der Waals surface area contributed by atoms with Crippen LogP contribution in [0.2, 0.25) is 0 Å². The predicted octanol–water partition coefficient (Wildman–Crippen LogP) is 2.75. The monoisotopic (exact) mass is 362 g/mol. The number of carbonyl (C=O) groups excluding carboxylic acids is 2. The van der Waals surface area contributed by atoms with Crippen LogP contribution in [0.3, 0.4) is 0 Å². The van der Waals surface area contributed by atoms with Crippen molar-refractivity contribution in [3.05, 3.63) is 28.8 Å². The van der Waals surface area contributed by atoms with Gasteiger partial charge in [0.25, 0.3) is 0 Å². The third-order valence-electron chi connectivity index (χ3n) is 4.73. The molecule has 0 unspecified atom stereocenters. The van der Waals surface area contributed by atoms with Crippen LogP contribution in [0.5, 0.6) is 5.75 Å². The molecule has 0 N–H and O–H groups in total. The molecule has 1 aliphatic heterocycles. The van der Waals surface area contributed by atoms with E-state index in [0.717, 1.165) is 22.4 Å². The molecule has 0 atom stereocenters. The van der Waals surface area contributed by atoms with Crippen molar-refractivity contribution in [3.63, 3.8) is 0 Å². The lowest BCUT2D eigenvalue weighted by atomic mass is 9.83. The molecule has 1 aromatic rings. The molecule has 1 aliphatic rings. The molecule has 0 bridgehead atoms. The Labute approximate surface area is 156 Å². The minimum Gasteiger partial charge on any atom is -0.496 e. The number of benzene rings is 1. The number of aryl methyl sites for hydroxylation is 1. The fourth-order valence-corrected chi connectivity index (χ4v) is 3.32. The van der Waals surface area contributed by atoms with Crippen LogP contribution in [0.1, 0.15) is 37.5 Å². The number of piperazine rings is 1. The third kappa shape index (κ3) is 4.48. The van der Waals surface area contributed by atoms with Crippen LogP contribution in [-0.2, 0) is 21.4 Å². The third-order valence-corrected chi connectivity index (χ3v) is 4.73. The highest BCUT2D eigenvalue weighted by atomic mass is 16.5. The Kier molecular flexibility index (Phi) is 6.16. The molecule has 1 saturated heterocycles. The lowest BCUT2D eigenvalue weighted by Crippen LogP contribution is -2.51. The van der Waals surface area contributed by atoms with E-state index in [1.807, 2.05) is 13.0 Å². The average Bonchev–Trinajstić information content (AvgIpc) is 2.60. The lowest BCUT2D eigenvalue weighted by Gasteiger charge is -2.34. The maximum absolute atomic E-state index is 12.8. The van der Waals surface area contributed by atoms with E-state index in [1.165, 1.54) is 7.11 Å². The van der Waals surface area contributed by atoms with Gasteiger partial charge in [0, 0.05) is 37.3 Å². The normalized spacial score (nSPS) is 15.0. The molecule has 0 radical (unpaired) electrons. The standard InChI is InChI=1S/C20H30N2O4/c1-14-11-15(18(25-5)16(12-14)20(2,3)4)13-17(23)21-7-9-22(10-8-21)19(24)26-6/h11-12H,7-10,13H2,1-6H3. The fourth-order valence-electron chi connectivity index (χ4n) is 3.32. The molecule has 6 nitrogen and oxygen atoms in total. The molecule has 1 heterocycles. The van der Waals surface area contributed by atoms with Crippen molar-refractivity contribution < 1.29 is 19.1 Å². The van der Waals surface area contributed by atoms with Gasteiger partial charge in [-0.1, -0.05) is 38.5 Å². The fraction of sp³-hybridized carbons (Fsp3) is 0.600. The number of rotatable bonds is 3. The van der Waals surface area contributed by atoms with Gasteiger partial charge in [0.1, 0.15) is 5.75 Å². The van der Waals surface area contributed by atoms with Gasteiger partial charge in [-0.25, -0.2) is 4.79 Å². The van der Waals surface area contributed by atoms with E-state index < -0.39 is 0 Å². The van der Waals surface area contributed by atoms with Gasteiger partial charge in [-0.2, -0.15) is 0 Å². The van der Waals surface area contributed by atoms with E-state index >= 15 is 0 Å². The topological polar surface area (TPSA) is 59.1 Å². The summed E-state index contributed by atoms with van der Waals surface area (Å²) in [5.41, 5.74) is 3.08. The van der Waals surface area contributed by atoms with Crippen LogP contribution in [0.15, 0.2) is 12.1 Å².